The van der Waals surface area contributed by atoms with E-state index < -0.39 is 17.5 Å². The first-order valence-corrected chi connectivity index (χ1v) is 11.7. The van der Waals surface area contributed by atoms with Gasteiger partial charge in [-0.05, 0) is 45.6 Å². The van der Waals surface area contributed by atoms with Crippen molar-refractivity contribution in [2.45, 2.75) is 57.6 Å². The quantitative estimate of drug-likeness (QED) is 0.370. The number of nitrogens with zero attached hydrogens (tertiary/aromatic N) is 6. The second-order valence-electron chi connectivity index (χ2n) is 9.31. The Hall–Kier alpha value is -3.40. The van der Waals surface area contributed by atoms with E-state index in [1.54, 1.807) is 6.92 Å². The molecule has 7 nitrogen and oxygen atoms in total. The molecule has 2 fully saturated rings. The third-order valence-corrected chi connectivity index (χ3v) is 6.79. The highest BCUT2D eigenvalue weighted by Gasteiger charge is 2.31. The molecule has 2 atom stereocenters. The van der Waals surface area contributed by atoms with Crippen molar-refractivity contribution >= 4 is 11.2 Å². The summed E-state index contributed by atoms with van der Waals surface area (Å²) in [6, 6.07) is 1.81. The third kappa shape index (κ3) is 4.05. The summed E-state index contributed by atoms with van der Waals surface area (Å²) in [5.74, 6) is -2.99. The number of aryl methyl sites for hydroxylation is 2. The Morgan fingerprint density at radius 1 is 0.914 bits per heavy atom. The van der Waals surface area contributed by atoms with Crippen LogP contribution in [-0.2, 0) is 4.74 Å². The number of fused-ring (bicyclic) bond motifs is 1. The number of hydrogen-bond acceptors (Lipinski definition) is 6. The van der Waals surface area contributed by atoms with Crippen molar-refractivity contribution in [2.75, 3.05) is 6.61 Å². The average molecular weight is 480 g/mol. The van der Waals surface area contributed by atoms with Crippen molar-refractivity contribution < 1.29 is 17.9 Å². The first-order chi connectivity index (χ1) is 16.9. The number of hydrogen-bond donors (Lipinski definition) is 0. The van der Waals surface area contributed by atoms with Crippen LogP contribution in [0.5, 0.6) is 0 Å². The molecule has 4 aromatic rings. The molecule has 3 aromatic heterocycles. The van der Waals surface area contributed by atoms with Crippen LogP contribution in [0.25, 0.3) is 22.4 Å². The largest absolute Gasteiger partial charge is 0.373 e. The molecule has 0 radical (unpaired) electrons. The van der Waals surface area contributed by atoms with E-state index >= 15 is 0 Å². The van der Waals surface area contributed by atoms with Gasteiger partial charge in [-0.2, -0.15) is 5.10 Å². The SMILES string of the molecule is Cc1nc2nc([C@@H]3CCO[C@@H](c4cnn(C5CC5)c4)C3)nc(-c3cc(F)c(F)cc3F)c2nc1C. The molecule has 35 heavy (non-hydrogen) atoms. The lowest BCUT2D eigenvalue weighted by Gasteiger charge is -2.28. The maximum absolute atomic E-state index is 14.8. The molecule has 1 aliphatic heterocycles. The molecule has 4 heterocycles. The summed E-state index contributed by atoms with van der Waals surface area (Å²) in [5.41, 5.74) is 2.76. The van der Waals surface area contributed by atoms with E-state index in [2.05, 4.69) is 25.0 Å². The molecule has 6 rings (SSSR count). The summed E-state index contributed by atoms with van der Waals surface area (Å²) in [5, 5.41) is 4.47. The van der Waals surface area contributed by atoms with Crippen LogP contribution in [0.2, 0.25) is 0 Å². The zero-order chi connectivity index (χ0) is 24.3. The van der Waals surface area contributed by atoms with Gasteiger partial charge in [-0.1, -0.05) is 0 Å². The van der Waals surface area contributed by atoms with Gasteiger partial charge in [0.25, 0.3) is 0 Å². The van der Waals surface area contributed by atoms with Crippen LogP contribution in [0, 0.1) is 31.3 Å². The molecule has 1 aliphatic carbocycles. The van der Waals surface area contributed by atoms with E-state index in [1.807, 2.05) is 24.0 Å². The molecular formula is C25H23F3N6O. The standard InChI is InChI=1S/C25H23F3N6O/c1-12-13(2)31-25-23(30-12)22(17-8-19(27)20(28)9-18(17)26)32-24(33-25)14-5-6-35-21(7-14)15-10-29-34(11-15)16-3-4-16/h8-11,14,16,21H,3-7H2,1-2H3/t14-,21-/m1/s1. The molecule has 0 unspecified atom stereocenters. The van der Waals surface area contributed by atoms with E-state index in [1.165, 1.54) is 0 Å². The van der Waals surface area contributed by atoms with E-state index in [4.69, 9.17) is 4.74 Å². The molecule has 0 amide bonds. The highest BCUT2D eigenvalue weighted by atomic mass is 19.2. The number of aromatic nitrogens is 6. The molecule has 1 aromatic carbocycles. The van der Waals surface area contributed by atoms with Gasteiger partial charge in [0.1, 0.15) is 22.9 Å². The highest BCUT2D eigenvalue weighted by Crippen LogP contribution is 2.40. The summed E-state index contributed by atoms with van der Waals surface area (Å²) in [7, 11) is 0. The van der Waals surface area contributed by atoms with Gasteiger partial charge in [-0.25, -0.2) is 33.1 Å². The lowest BCUT2D eigenvalue weighted by atomic mass is 9.92. The molecule has 0 bridgehead atoms. The lowest BCUT2D eigenvalue weighted by Crippen LogP contribution is -2.20. The minimum Gasteiger partial charge on any atom is -0.373 e. The zero-order valence-corrected chi connectivity index (χ0v) is 19.3. The van der Waals surface area contributed by atoms with Crippen LogP contribution >= 0.6 is 0 Å². The lowest BCUT2D eigenvalue weighted by molar-refractivity contribution is 0.00396. The summed E-state index contributed by atoms with van der Waals surface area (Å²) in [6.07, 6.45) is 7.26. The van der Waals surface area contributed by atoms with Gasteiger partial charge >= 0.3 is 0 Å². The molecule has 10 heteroatoms. The summed E-state index contributed by atoms with van der Waals surface area (Å²) in [4.78, 5) is 18.4. The molecular weight excluding hydrogens is 457 g/mol. The van der Waals surface area contributed by atoms with Crippen molar-refractivity contribution in [1.29, 1.82) is 0 Å². The Bertz CT molecular complexity index is 1450. The maximum Gasteiger partial charge on any atom is 0.182 e. The van der Waals surface area contributed by atoms with Gasteiger partial charge in [-0.15, -0.1) is 0 Å². The molecule has 2 aliphatic rings. The Morgan fingerprint density at radius 3 is 2.49 bits per heavy atom. The van der Waals surface area contributed by atoms with Crippen molar-refractivity contribution in [2.24, 2.45) is 0 Å². The normalized spacial score (nSPS) is 20.5. The highest BCUT2D eigenvalue weighted by molar-refractivity contribution is 5.87. The van der Waals surface area contributed by atoms with Crippen LogP contribution in [-0.4, -0.2) is 36.3 Å². The van der Waals surface area contributed by atoms with Crippen LogP contribution in [0.1, 0.15) is 66.5 Å². The topological polar surface area (TPSA) is 78.6 Å². The van der Waals surface area contributed by atoms with Gasteiger partial charge in [0.15, 0.2) is 17.3 Å². The summed E-state index contributed by atoms with van der Waals surface area (Å²) < 4.78 is 50.6. The van der Waals surface area contributed by atoms with Crippen LogP contribution in [0.4, 0.5) is 13.2 Å². The molecule has 180 valence electrons. The fraction of sp³-hybridized carbons (Fsp3) is 0.400. The van der Waals surface area contributed by atoms with Crippen molar-refractivity contribution in [1.82, 2.24) is 29.7 Å². The first-order valence-electron chi connectivity index (χ1n) is 11.7. The van der Waals surface area contributed by atoms with Crippen molar-refractivity contribution in [3.05, 3.63) is 64.8 Å². The Kier molecular flexibility index (Phi) is 5.28. The smallest absolute Gasteiger partial charge is 0.182 e. The van der Waals surface area contributed by atoms with E-state index in [0.717, 1.165) is 24.5 Å². The Labute approximate surface area is 199 Å². The predicted octanol–water partition coefficient (Wildman–Crippen LogP) is 5.29. The van der Waals surface area contributed by atoms with Gasteiger partial charge in [0, 0.05) is 35.9 Å². The number of ether oxygens (including phenoxy) is 1. The monoisotopic (exact) mass is 480 g/mol. The fourth-order valence-corrected chi connectivity index (χ4v) is 4.52. The fourth-order valence-electron chi connectivity index (χ4n) is 4.52. The molecule has 0 spiro atoms. The number of rotatable bonds is 4. The zero-order valence-electron chi connectivity index (χ0n) is 19.3. The second kappa shape index (κ2) is 8.37. The number of halogens is 3. The summed E-state index contributed by atoms with van der Waals surface area (Å²) in [6.45, 7) is 4.08. The van der Waals surface area contributed by atoms with E-state index in [9.17, 15) is 13.2 Å². The van der Waals surface area contributed by atoms with Crippen LogP contribution in [0.15, 0.2) is 24.5 Å². The summed E-state index contributed by atoms with van der Waals surface area (Å²) >= 11 is 0. The molecule has 1 saturated heterocycles. The average Bonchev–Trinajstić information content (AvgIpc) is 3.58. The Morgan fingerprint density at radius 2 is 1.69 bits per heavy atom. The Balaban J connectivity index is 1.43. The molecule has 0 N–H and O–H groups in total. The van der Waals surface area contributed by atoms with Gasteiger partial charge in [0.2, 0.25) is 0 Å². The van der Waals surface area contributed by atoms with Crippen LogP contribution in [0.3, 0.4) is 0 Å². The first kappa shape index (κ1) is 22.1. The minimum absolute atomic E-state index is 0.0987. The predicted molar refractivity (Wildman–Crippen MR) is 121 cm³/mol. The van der Waals surface area contributed by atoms with Gasteiger partial charge < -0.3 is 4.74 Å². The second-order valence-corrected chi connectivity index (χ2v) is 9.31. The van der Waals surface area contributed by atoms with Crippen molar-refractivity contribution in [3.63, 3.8) is 0 Å². The minimum atomic E-state index is -1.26. The van der Waals surface area contributed by atoms with E-state index in [-0.39, 0.29) is 28.8 Å². The molecule has 1 saturated carbocycles. The van der Waals surface area contributed by atoms with E-state index in [0.29, 0.717) is 54.4 Å². The van der Waals surface area contributed by atoms with Gasteiger partial charge in [0.05, 0.1) is 29.7 Å². The maximum atomic E-state index is 14.8. The van der Waals surface area contributed by atoms with Gasteiger partial charge in [-0.3, -0.25) is 4.68 Å². The van der Waals surface area contributed by atoms with Crippen molar-refractivity contribution in [3.8, 4) is 11.3 Å². The number of benzene rings is 1. The third-order valence-electron chi connectivity index (χ3n) is 6.79. The van der Waals surface area contributed by atoms with Crippen LogP contribution < -0.4 is 0 Å².